The third-order valence-corrected chi connectivity index (χ3v) is 3.80. The van der Waals surface area contributed by atoms with Crippen LogP contribution in [0.2, 0.25) is 0 Å². The lowest BCUT2D eigenvalue weighted by Crippen LogP contribution is -2.37. The molecule has 2 rings (SSSR count). The molecule has 0 radical (unpaired) electrons. The van der Waals surface area contributed by atoms with Crippen molar-refractivity contribution in [2.45, 2.75) is 12.2 Å². The molecular formula is C11H15N3O2S. The van der Waals surface area contributed by atoms with E-state index in [9.17, 15) is 4.79 Å². The van der Waals surface area contributed by atoms with Gasteiger partial charge in [0, 0.05) is 24.1 Å². The maximum atomic E-state index is 10.9. The Morgan fingerprint density at radius 3 is 3.06 bits per heavy atom. The van der Waals surface area contributed by atoms with Gasteiger partial charge in [-0.25, -0.2) is 9.78 Å². The molecule has 0 spiro atoms. The molecule has 1 aromatic rings. The smallest absolute Gasteiger partial charge is 0.354 e. The zero-order chi connectivity index (χ0) is 12.4. The third kappa shape index (κ3) is 2.63. The van der Waals surface area contributed by atoms with Crippen LogP contribution < -0.4 is 10.6 Å². The van der Waals surface area contributed by atoms with Crippen molar-refractivity contribution >= 4 is 29.2 Å². The third-order valence-electron chi connectivity index (χ3n) is 2.67. The number of aromatic nitrogens is 1. The van der Waals surface area contributed by atoms with Crippen LogP contribution in [0.15, 0.2) is 12.1 Å². The Labute approximate surface area is 104 Å². The van der Waals surface area contributed by atoms with Crippen molar-refractivity contribution in [1.29, 1.82) is 0 Å². The second-order valence-corrected chi connectivity index (χ2v) is 5.59. The molecule has 2 heterocycles. The number of anilines is 2. The summed E-state index contributed by atoms with van der Waals surface area (Å²) in [5.41, 5.74) is 6.44. The number of nitrogens with zero attached hydrogens (tertiary/aromatic N) is 2. The summed E-state index contributed by atoms with van der Waals surface area (Å²) in [6, 6.07) is 3.04. The standard InChI is InChI=1S/C11H15N3O2S/c1-7-6-14(4-5-17-7)10-8(12)2-3-9(13-10)11(15)16/h2-3,7H,4-6,12H2,1H3,(H,15,16). The van der Waals surface area contributed by atoms with Gasteiger partial charge in [-0.2, -0.15) is 11.8 Å². The van der Waals surface area contributed by atoms with Crippen molar-refractivity contribution in [1.82, 2.24) is 4.98 Å². The molecule has 5 nitrogen and oxygen atoms in total. The Morgan fingerprint density at radius 2 is 2.41 bits per heavy atom. The molecular weight excluding hydrogens is 238 g/mol. The Kier molecular flexibility index (Phi) is 3.42. The Morgan fingerprint density at radius 1 is 1.65 bits per heavy atom. The Bertz CT molecular complexity index is 439. The van der Waals surface area contributed by atoms with Crippen molar-refractivity contribution in [3.8, 4) is 0 Å². The second-order valence-electron chi connectivity index (χ2n) is 4.04. The van der Waals surface area contributed by atoms with E-state index in [4.69, 9.17) is 10.8 Å². The van der Waals surface area contributed by atoms with E-state index in [0.29, 0.717) is 16.8 Å². The van der Waals surface area contributed by atoms with Crippen molar-refractivity contribution < 1.29 is 9.90 Å². The molecule has 0 aliphatic carbocycles. The number of hydrogen-bond acceptors (Lipinski definition) is 5. The fourth-order valence-corrected chi connectivity index (χ4v) is 2.86. The number of nitrogens with two attached hydrogens (primary N) is 1. The van der Waals surface area contributed by atoms with Crippen LogP contribution in [-0.4, -0.2) is 40.2 Å². The van der Waals surface area contributed by atoms with Gasteiger partial charge in [0.1, 0.15) is 0 Å². The van der Waals surface area contributed by atoms with Crippen LogP contribution in [-0.2, 0) is 0 Å². The van der Waals surface area contributed by atoms with Gasteiger partial charge in [0.2, 0.25) is 0 Å². The Hall–Kier alpha value is -1.43. The highest BCUT2D eigenvalue weighted by Crippen LogP contribution is 2.26. The monoisotopic (exact) mass is 253 g/mol. The minimum Gasteiger partial charge on any atom is -0.477 e. The predicted octanol–water partition coefficient (Wildman–Crippen LogP) is 1.30. The zero-order valence-electron chi connectivity index (χ0n) is 9.59. The van der Waals surface area contributed by atoms with Gasteiger partial charge in [-0.1, -0.05) is 6.92 Å². The SMILES string of the molecule is CC1CN(c2nc(C(=O)O)ccc2N)CCS1. The predicted molar refractivity (Wildman–Crippen MR) is 69.7 cm³/mol. The van der Waals surface area contributed by atoms with Crippen LogP contribution in [0.1, 0.15) is 17.4 Å². The van der Waals surface area contributed by atoms with Crippen LogP contribution in [0.3, 0.4) is 0 Å². The largest absolute Gasteiger partial charge is 0.477 e. The molecule has 1 saturated heterocycles. The highest BCUT2D eigenvalue weighted by Gasteiger charge is 2.20. The molecule has 92 valence electrons. The molecule has 1 fully saturated rings. The molecule has 3 N–H and O–H groups in total. The number of carboxylic acid groups (broad SMARTS) is 1. The van der Waals surface area contributed by atoms with Crippen LogP contribution >= 0.6 is 11.8 Å². The van der Waals surface area contributed by atoms with E-state index >= 15 is 0 Å². The Balaban J connectivity index is 2.29. The van der Waals surface area contributed by atoms with Gasteiger partial charge in [-0.05, 0) is 12.1 Å². The lowest BCUT2D eigenvalue weighted by molar-refractivity contribution is 0.0690. The van der Waals surface area contributed by atoms with Crippen molar-refractivity contribution in [2.24, 2.45) is 0 Å². The van der Waals surface area contributed by atoms with Gasteiger partial charge in [0.05, 0.1) is 5.69 Å². The molecule has 6 heteroatoms. The fourth-order valence-electron chi connectivity index (χ4n) is 1.84. The average Bonchev–Trinajstić information content (AvgIpc) is 2.29. The van der Waals surface area contributed by atoms with Crippen molar-refractivity contribution in [2.75, 3.05) is 29.5 Å². The highest BCUT2D eigenvalue weighted by molar-refractivity contribution is 8.00. The van der Waals surface area contributed by atoms with E-state index in [1.54, 1.807) is 6.07 Å². The number of carboxylic acids is 1. The summed E-state index contributed by atoms with van der Waals surface area (Å²) >= 11 is 1.91. The van der Waals surface area contributed by atoms with Gasteiger partial charge in [-0.3, -0.25) is 0 Å². The summed E-state index contributed by atoms with van der Waals surface area (Å²) in [5, 5.41) is 9.44. The minimum absolute atomic E-state index is 0.0417. The van der Waals surface area contributed by atoms with Crippen molar-refractivity contribution in [3.63, 3.8) is 0 Å². The van der Waals surface area contributed by atoms with E-state index in [1.165, 1.54) is 6.07 Å². The molecule has 1 aromatic heterocycles. The van der Waals surface area contributed by atoms with Gasteiger partial charge >= 0.3 is 5.97 Å². The number of thioether (sulfide) groups is 1. The minimum atomic E-state index is -1.02. The van der Waals surface area contributed by atoms with E-state index in [2.05, 4.69) is 16.8 Å². The average molecular weight is 253 g/mol. The molecule has 0 saturated carbocycles. The fraction of sp³-hybridized carbons (Fsp3) is 0.455. The number of carbonyl (C=O) groups is 1. The van der Waals surface area contributed by atoms with E-state index in [0.717, 1.165) is 18.8 Å². The summed E-state index contributed by atoms with van der Waals surface area (Å²) in [4.78, 5) is 17.1. The number of aromatic carboxylic acids is 1. The zero-order valence-corrected chi connectivity index (χ0v) is 10.4. The molecule has 0 aromatic carbocycles. The number of rotatable bonds is 2. The molecule has 0 amide bonds. The van der Waals surface area contributed by atoms with Crippen LogP contribution in [0.5, 0.6) is 0 Å². The second kappa shape index (κ2) is 4.83. The van der Waals surface area contributed by atoms with E-state index in [-0.39, 0.29) is 5.69 Å². The molecule has 1 aliphatic heterocycles. The molecule has 1 aliphatic rings. The molecule has 17 heavy (non-hydrogen) atoms. The molecule has 1 unspecified atom stereocenters. The van der Waals surface area contributed by atoms with Crippen LogP contribution in [0.25, 0.3) is 0 Å². The number of pyridine rings is 1. The summed E-state index contributed by atoms with van der Waals surface area (Å²) in [7, 11) is 0. The maximum absolute atomic E-state index is 10.9. The number of nitrogen functional groups attached to an aromatic ring is 1. The summed E-state index contributed by atoms with van der Waals surface area (Å²) in [5.74, 6) is 0.585. The van der Waals surface area contributed by atoms with Gasteiger partial charge < -0.3 is 15.7 Å². The quantitative estimate of drug-likeness (QED) is 0.827. The van der Waals surface area contributed by atoms with E-state index in [1.807, 2.05) is 11.8 Å². The first-order valence-electron chi connectivity index (χ1n) is 5.44. The summed E-state index contributed by atoms with van der Waals surface area (Å²) in [6.45, 7) is 3.86. The van der Waals surface area contributed by atoms with Crippen LogP contribution in [0.4, 0.5) is 11.5 Å². The summed E-state index contributed by atoms with van der Waals surface area (Å²) < 4.78 is 0. The summed E-state index contributed by atoms with van der Waals surface area (Å²) in [6.07, 6.45) is 0. The first kappa shape index (κ1) is 12.0. The maximum Gasteiger partial charge on any atom is 0.354 e. The van der Waals surface area contributed by atoms with Gasteiger partial charge in [0.15, 0.2) is 11.5 Å². The first-order chi connectivity index (χ1) is 8.08. The van der Waals surface area contributed by atoms with E-state index < -0.39 is 5.97 Å². The first-order valence-corrected chi connectivity index (χ1v) is 6.49. The molecule has 0 bridgehead atoms. The lowest BCUT2D eigenvalue weighted by atomic mass is 10.3. The van der Waals surface area contributed by atoms with Crippen molar-refractivity contribution in [3.05, 3.63) is 17.8 Å². The number of hydrogen-bond donors (Lipinski definition) is 2. The highest BCUT2D eigenvalue weighted by atomic mass is 32.2. The van der Waals surface area contributed by atoms with Crippen LogP contribution in [0, 0.1) is 0 Å². The van der Waals surface area contributed by atoms with Gasteiger partial charge in [0.25, 0.3) is 0 Å². The van der Waals surface area contributed by atoms with Gasteiger partial charge in [-0.15, -0.1) is 0 Å². The lowest BCUT2D eigenvalue weighted by Gasteiger charge is -2.32. The topological polar surface area (TPSA) is 79.5 Å². The normalized spacial score (nSPS) is 20.3. The molecule has 1 atom stereocenters.